The summed E-state index contributed by atoms with van der Waals surface area (Å²) in [5.41, 5.74) is 7.59. The largest absolute Gasteiger partial charge is 0.399 e. The lowest BCUT2D eigenvalue weighted by molar-refractivity contribution is -0.127. The fourth-order valence-corrected chi connectivity index (χ4v) is 2.54. The molecule has 21 heavy (non-hydrogen) atoms. The summed E-state index contributed by atoms with van der Waals surface area (Å²) >= 11 is 0. The van der Waals surface area contributed by atoms with Crippen molar-refractivity contribution >= 4 is 17.5 Å². The van der Waals surface area contributed by atoms with Crippen LogP contribution in [0.15, 0.2) is 24.3 Å². The molecule has 0 aliphatic carbocycles. The number of carbonyl (C=O) groups excluding carboxylic acids is 2. The Morgan fingerprint density at radius 3 is 2.86 bits per heavy atom. The van der Waals surface area contributed by atoms with Crippen molar-refractivity contribution in [2.75, 3.05) is 25.4 Å². The number of nitrogen functional groups attached to an aromatic ring is 1. The number of hydrogen-bond acceptors (Lipinski definition) is 3. The molecule has 5 heteroatoms. The Hall–Kier alpha value is -2.04. The maximum Gasteiger partial charge on any atom is 0.222 e. The maximum absolute atomic E-state index is 11.8. The van der Waals surface area contributed by atoms with Crippen molar-refractivity contribution in [3.63, 3.8) is 0 Å². The van der Waals surface area contributed by atoms with Crippen LogP contribution in [0.3, 0.4) is 0 Å². The number of nitrogens with one attached hydrogen (secondary N) is 1. The molecule has 1 aromatic carbocycles. The summed E-state index contributed by atoms with van der Waals surface area (Å²) in [7, 11) is 0. The average Bonchev–Trinajstić information content (AvgIpc) is 2.88. The highest BCUT2D eigenvalue weighted by atomic mass is 16.2. The first-order valence-corrected chi connectivity index (χ1v) is 7.54. The van der Waals surface area contributed by atoms with Gasteiger partial charge in [-0.05, 0) is 30.9 Å². The maximum atomic E-state index is 11.8. The molecular weight excluding hydrogens is 266 g/mol. The van der Waals surface area contributed by atoms with E-state index in [1.807, 2.05) is 29.2 Å². The van der Waals surface area contributed by atoms with Gasteiger partial charge in [0, 0.05) is 38.2 Å². The molecule has 3 N–H and O–H groups in total. The minimum Gasteiger partial charge on any atom is -0.399 e. The zero-order valence-corrected chi connectivity index (χ0v) is 12.3. The van der Waals surface area contributed by atoms with Gasteiger partial charge in [0.15, 0.2) is 0 Å². The van der Waals surface area contributed by atoms with Crippen LogP contribution in [-0.4, -0.2) is 36.3 Å². The number of benzene rings is 1. The summed E-state index contributed by atoms with van der Waals surface area (Å²) < 4.78 is 0. The van der Waals surface area contributed by atoms with Crippen molar-refractivity contribution in [3.05, 3.63) is 29.8 Å². The molecule has 0 spiro atoms. The van der Waals surface area contributed by atoms with Gasteiger partial charge in [-0.1, -0.05) is 18.2 Å². The molecule has 2 rings (SSSR count). The Balaban J connectivity index is 1.59. The number of nitrogens with two attached hydrogens (primary N) is 1. The smallest absolute Gasteiger partial charge is 0.222 e. The quantitative estimate of drug-likeness (QED) is 0.587. The zero-order valence-electron chi connectivity index (χ0n) is 12.3. The molecule has 0 unspecified atom stereocenters. The molecule has 1 aromatic rings. The monoisotopic (exact) mass is 289 g/mol. The number of rotatable bonds is 7. The molecule has 2 amide bonds. The van der Waals surface area contributed by atoms with Gasteiger partial charge in [-0.2, -0.15) is 0 Å². The number of aryl methyl sites for hydroxylation is 1. The Labute approximate surface area is 125 Å². The Morgan fingerprint density at radius 2 is 2.14 bits per heavy atom. The SMILES string of the molecule is Nc1ccccc1CCC(=O)NCCCN1CCCC1=O. The van der Waals surface area contributed by atoms with Crippen LogP contribution in [0.1, 0.15) is 31.2 Å². The predicted molar refractivity (Wildman–Crippen MR) is 82.6 cm³/mol. The topological polar surface area (TPSA) is 75.4 Å². The summed E-state index contributed by atoms with van der Waals surface area (Å²) in [6.07, 6.45) is 3.54. The summed E-state index contributed by atoms with van der Waals surface area (Å²) in [6, 6.07) is 7.61. The Kier molecular flexibility index (Phi) is 5.60. The van der Waals surface area contributed by atoms with Crippen LogP contribution < -0.4 is 11.1 Å². The molecule has 5 nitrogen and oxygen atoms in total. The Morgan fingerprint density at radius 1 is 1.33 bits per heavy atom. The molecular formula is C16H23N3O2. The van der Waals surface area contributed by atoms with Crippen molar-refractivity contribution in [2.24, 2.45) is 0 Å². The summed E-state index contributed by atoms with van der Waals surface area (Å²) in [6.45, 7) is 2.22. The molecule has 1 heterocycles. The standard InChI is InChI=1S/C16H23N3O2/c17-14-6-2-1-5-13(14)8-9-15(20)18-10-4-12-19-11-3-7-16(19)21/h1-2,5-6H,3-4,7-12,17H2,(H,18,20). The van der Waals surface area contributed by atoms with Gasteiger partial charge in [0.05, 0.1) is 0 Å². The summed E-state index contributed by atoms with van der Waals surface area (Å²) in [4.78, 5) is 25.0. The molecule has 0 bridgehead atoms. The highest BCUT2D eigenvalue weighted by Crippen LogP contribution is 2.12. The number of likely N-dealkylation sites (tertiary alicyclic amines) is 1. The predicted octanol–water partition coefficient (Wildman–Crippen LogP) is 1.33. The van der Waals surface area contributed by atoms with Gasteiger partial charge in [-0.3, -0.25) is 9.59 Å². The molecule has 1 saturated heterocycles. The Bertz CT molecular complexity index is 502. The van der Waals surface area contributed by atoms with Crippen LogP contribution in [0.4, 0.5) is 5.69 Å². The second-order valence-electron chi connectivity index (χ2n) is 5.39. The molecule has 114 valence electrons. The van der Waals surface area contributed by atoms with E-state index in [1.54, 1.807) is 0 Å². The van der Waals surface area contributed by atoms with Crippen LogP contribution in [0.5, 0.6) is 0 Å². The van der Waals surface area contributed by atoms with Gasteiger partial charge >= 0.3 is 0 Å². The van der Waals surface area contributed by atoms with Gasteiger partial charge < -0.3 is 16.0 Å². The lowest BCUT2D eigenvalue weighted by Gasteiger charge is -2.15. The van der Waals surface area contributed by atoms with E-state index < -0.39 is 0 Å². The van der Waals surface area contributed by atoms with E-state index in [9.17, 15) is 9.59 Å². The first kappa shape index (κ1) is 15.4. The third kappa shape index (κ3) is 4.77. The fourth-order valence-electron chi connectivity index (χ4n) is 2.54. The highest BCUT2D eigenvalue weighted by molar-refractivity contribution is 5.78. The van der Waals surface area contributed by atoms with Crippen molar-refractivity contribution in [3.8, 4) is 0 Å². The zero-order chi connectivity index (χ0) is 15.1. The van der Waals surface area contributed by atoms with Crippen molar-refractivity contribution in [1.82, 2.24) is 10.2 Å². The molecule has 0 aromatic heterocycles. The van der Waals surface area contributed by atoms with Crippen LogP contribution in [0.2, 0.25) is 0 Å². The van der Waals surface area contributed by atoms with Gasteiger partial charge in [-0.25, -0.2) is 0 Å². The van der Waals surface area contributed by atoms with Crippen molar-refractivity contribution in [1.29, 1.82) is 0 Å². The van der Waals surface area contributed by atoms with Gasteiger partial charge in [0.25, 0.3) is 0 Å². The van der Waals surface area contributed by atoms with Crippen LogP contribution in [0, 0.1) is 0 Å². The summed E-state index contributed by atoms with van der Waals surface area (Å²) in [5, 5.41) is 2.89. The number of nitrogens with zero attached hydrogens (tertiary/aromatic N) is 1. The van der Waals surface area contributed by atoms with Crippen molar-refractivity contribution < 1.29 is 9.59 Å². The van der Waals surface area contributed by atoms with E-state index >= 15 is 0 Å². The number of para-hydroxylation sites is 1. The normalized spacial score (nSPS) is 14.5. The lowest BCUT2D eigenvalue weighted by Crippen LogP contribution is -2.30. The molecule has 1 aliphatic heterocycles. The molecule has 0 radical (unpaired) electrons. The molecule has 0 saturated carbocycles. The van der Waals surface area contributed by atoms with Crippen molar-refractivity contribution in [2.45, 2.75) is 32.1 Å². The van der Waals surface area contributed by atoms with E-state index in [0.717, 1.165) is 37.2 Å². The molecule has 1 aliphatic rings. The molecule has 1 fully saturated rings. The average molecular weight is 289 g/mol. The fraction of sp³-hybridized carbons (Fsp3) is 0.500. The number of amides is 2. The lowest BCUT2D eigenvalue weighted by atomic mass is 10.1. The first-order chi connectivity index (χ1) is 10.2. The second kappa shape index (κ2) is 7.67. The number of carbonyl (C=O) groups is 2. The third-order valence-electron chi connectivity index (χ3n) is 3.77. The molecule has 0 atom stereocenters. The van der Waals surface area contributed by atoms with E-state index in [-0.39, 0.29) is 11.8 Å². The van der Waals surface area contributed by atoms with Gasteiger partial charge in [0.2, 0.25) is 11.8 Å². The van der Waals surface area contributed by atoms with Crippen LogP contribution in [-0.2, 0) is 16.0 Å². The first-order valence-electron chi connectivity index (χ1n) is 7.54. The number of hydrogen-bond donors (Lipinski definition) is 2. The van der Waals surface area contributed by atoms with E-state index in [0.29, 0.717) is 25.8 Å². The third-order valence-corrected chi connectivity index (χ3v) is 3.77. The van der Waals surface area contributed by atoms with E-state index in [2.05, 4.69) is 5.32 Å². The minimum absolute atomic E-state index is 0.0333. The second-order valence-corrected chi connectivity index (χ2v) is 5.39. The van der Waals surface area contributed by atoms with E-state index in [4.69, 9.17) is 5.73 Å². The van der Waals surface area contributed by atoms with E-state index in [1.165, 1.54) is 0 Å². The minimum atomic E-state index is 0.0333. The van der Waals surface area contributed by atoms with Gasteiger partial charge in [-0.15, -0.1) is 0 Å². The summed E-state index contributed by atoms with van der Waals surface area (Å²) in [5.74, 6) is 0.270. The van der Waals surface area contributed by atoms with Gasteiger partial charge in [0.1, 0.15) is 0 Å². The van der Waals surface area contributed by atoms with Crippen LogP contribution >= 0.6 is 0 Å². The number of anilines is 1. The van der Waals surface area contributed by atoms with Crippen LogP contribution in [0.25, 0.3) is 0 Å². The highest BCUT2D eigenvalue weighted by Gasteiger charge is 2.18.